The molecule has 3 heterocycles. The second kappa shape index (κ2) is 9.62. The van der Waals surface area contributed by atoms with E-state index in [1.165, 1.54) is 29.3 Å². The van der Waals surface area contributed by atoms with Crippen molar-refractivity contribution in [1.29, 1.82) is 0 Å². The molecule has 1 unspecified atom stereocenters. The van der Waals surface area contributed by atoms with Gasteiger partial charge in [-0.3, -0.25) is 9.78 Å². The predicted octanol–water partition coefficient (Wildman–Crippen LogP) is 5.92. The molecule has 4 aromatic rings. The van der Waals surface area contributed by atoms with Crippen LogP contribution in [-0.2, 0) is 4.74 Å². The van der Waals surface area contributed by atoms with Gasteiger partial charge in [-0.15, -0.1) is 0 Å². The maximum atomic E-state index is 15.0. The third kappa shape index (κ3) is 4.26. The lowest BCUT2D eigenvalue weighted by molar-refractivity contribution is -0.0369. The SMILES string of the molecule is CN(C)/C=N/c1c(C(=O)c2cc(F)c(F)c3c2cnn3C2CCCCO2)cc(Br)c2ncc(F)cc12. The van der Waals surface area contributed by atoms with Gasteiger partial charge in [0.15, 0.2) is 23.6 Å². The van der Waals surface area contributed by atoms with Crippen LogP contribution in [0, 0.1) is 17.5 Å². The van der Waals surface area contributed by atoms with E-state index in [2.05, 4.69) is 31.0 Å². The molecular formula is C25H21BrF3N5O2. The lowest BCUT2D eigenvalue weighted by atomic mass is 9.96. The molecule has 1 fully saturated rings. The largest absolute Gasteiger partial charge is 0.369 e. The Hall–Kier alpha value is -3.31. The van der Waals surface area contributed by atoms with Crippen LogP contribution in [0.15, 0.2) is 40.1 Å². The Balaban J connectivity index is 1.74. The summed E-state index contributed by atoms with van der Waals surface area (Å²) in [5.41, 5.74) is 0.379. The molecule has 1 saturated heterocycles. The van der Waals surface area contributed by atoms with Gasteiger partial charge in [-0.2, -0.15) is 5.10 Å². The molecule has 0 aliphatic carbocycles. The van der Waals surface area contributed by atoms with E-state index in [1.54, 1.807) is 19.0 Å². The summed E-state index contributed by atoms with van der Waals surface area (Å²) in [7, 11) is 3.48. The Morgan fingerprint density at radius 3 is 2.69 bits per heavy atom. The summed E-state index contributed by atoms with van der Waals surface area (Å²) in [6.45, 7) is 0.484. The number of halogens is 4. The van der Waals surface area contributed by atoms with Crippen LogP contribution in [0.25, 0.3) is 21.8 Å². The quantitative estimate of drug-likeness (QED) is 0.172. The van der Waals surface area contributed by atoms with Gasteiger partial charge >= 0.3 is 0 Å². The molecule has 1 atom stereocenters. The van der Waals surface area contributed by atoms with E-state index in [-0.39, 0.29) is 33.1 Å². The highest BCUT2D eigenvalue weighted by Gasteiger charge is 2.28. The molecule has 0 radical (unpaired) electrons. The topological polar surface area (TPSA) is 72.6 Å². The zero-order valence-electron chi connectivity index (χ0n) is 19.4. The van der Waals surface area contributed by atoms with E-state index >= 15 is 4.39 Å². The third-order valence-electron chi connectivity index (χ3n) is 5.97. The number of pyridine rings is 1. The smallest absolute Gasteiger partial charge is 0.196 e. The van der Waals surface area contributed by atoms with Crippen molar-refractivity contribution in [3.63, 3.8) is 0 Å². The number of nitrogens with zero attached hydrogens (tertiary/aromatic N) is 5. The van der Waals surface area contributed by atoms with Gasteiger partial charge in [0.2, 0.25) is 0 Å². The molecule has 7 nitrogen and oxygen atoms in total. The summed E-state index contributed by atoms with van der Waals surface area (Å²) in [5.74, 6) is -3.52. The van der Waals surface area contributed by atoms with Gasteiger partial charge in [0, 0.05) is 41.5 Å². The van der Waals surface area contributed by atoms with E-state index in [9.17, 15) is 13.6 Å². The van der Waals surface area contributed by atoms with Gasteiger partial charge in [-0.05, 0) is 53.4 Å². The van der Waals surface area contributed by atoms with Crippen LogP contribution >= 0.6 is 15.9 Å². The summed E-state index contributed by atoms with van der Waals surface area (Å²) in [5, 5.41) is 4.68. The van der Waals surface area contributed by atoms with Crippen molar-refractivity contribution in [1.82, 2.24) is 19.7 Å². The number of fused-ring (bicyclic) bond motifs is 2. The Morgan fingerprint density at radius 1 is 1.17 bits per heavy atom. The minimum Gasteiger partial charge on any atom is -0.369 e. The lowest BCUT2D eigenvalue weighted by Gasteiger charge is -2.23. The van der Waals surface area contributed by atoms with Crippen molar-refractivity contribution in [3.05, 3.63) is 63.6 Å². The van der Waals surface area contributed by atoms with Crippen LogP contribution < -0.4 is 0 Å². The molecule has 0 N–H and O–H groups in total. The van der Waals surface area contributed by atoms with E-state index in [1.807, 2.05) is 0 Å². The number of hydrogen-bond acceptors (Lipinski definition) is 5. The maximum absolute atomic E-state index is 15.0. The first-order valence-corrected chi connectivity index (χ1v) is 12.1. The first kappa shape index (κ1) is 24.4. The minimum atomic E-state index is -1.19. The fraction of sp³-hybridized carbons (Fsp3) is 0.280. The average molecular weight is 560 g/mol. The van der Waals surface area contributed by atoms with Crippen LogP contribution in [0.1, 0.15) is 41.4 Å². The average Bonchev–Trinajstić information content (AvgIpc) is 3.31. The fourth-order valence-corrected chi connectivity index (χ4v) is 4.88. The van der Waals surface area contributed by atoms with Crippen LogP contribution in [-0.4, -0.2) is 52.5 Å². The summed E-state index contributed by atoms with van der Waals surface area (Å²) in [6, 6.07) is 3.58. The Kier molecular flexibility index (Phi) is 6.52. The predicted molar refractivity (Wildman–Crippen MR) is 133 cm³/mol. The van der Waals surface area contributed by atoms with Crippen LogP contribution in [0.3, 0.4) is 0 Å². The van der Waals surface area contributed by atoms with E-state index < -0.39 is 29.5 Å². The third-order valence-corrected chi connectivity index (χ3v) is 6.58. The molecule has 2 aromatic heterocycles. The van der Waals surface area contributed by atoms with Crippen molar-refractivity contribution >= 4 is 55.5 Å². The first-order chi connectivity index (χ1) is 17.3. The summed E-state index contributed by atoms with van der Waals surface area (Å²) in [6.07, 6.45) is 5.63. The van der Waals surface area contributed by atoms with Crippen molar-refractivity contribution in [2.45, 2.75) is 25.5 Å². The zero-order chi connectivity index (χ0) is 25.6. The molecule has 1 aliphatic rings. The van der Waals surface area contributed by atoms with Gasteiger partial charge in [0.25, 0.3) is 0 Å². The highest BCUT2D eigenvalue weighted by Crippen LogP contribution is 2.38. The molecule has 2 aromatic carbocycles. The fourth-order valence-electron chi connectivity index (χ4n) is 4.33. The van der Waals surface area contributed by atoms with Gasteiger partial charge in [0.05, 0.1) is 35.5 Å². The molecule has 0 saturated carbocycles. The standard InChI is InChI=1S/C25H21BrF3N5O2/c1-33(2)12-31-22-15-7-13(27)10-30-23(15)18(26)8-16(22)25(35)14-9-19(28)21(29)24-17(14)11-32-34(24)20-5-3-4-6-36-20/h7-12,20H,3-6H2,1-2H3/b31-12+. The number of aromatic nitrogens is 3. The molecular weight excluding hydrogens is 539 g/mol. The van der Waals surface area contributed by atoms with Crippen LogP contribution in [0.4, 0.5) is 18.9 Å². The molecule has 11 heteroatoms. The zero-order valence-corrected chi connectivity index (χ0v) is 21.0. The van der Waals surface area contributed by atoms with Gasteiger partial charge < -0.3 is 9.64 Å². The second-order valence-electron chi connectivity index (χ2n) is 8.73. The highest BCUT2D eigenvalue weighted by molar-refractivity contribution is 9.10. The Morgan fingerprint density at radius 2 is 1.97 bits per heavy atom. The molecule has 1 aliphatic heterocycles. The molecule has 0 bridgehead atoms. The van der Waals surface area contributed by atoms with E-state index in [0.29, 0.717) is 23.0 Å². The monoisotopic (exact) mass is 559 g/mol. The van der Waals surface area contributed by atoms with E-state index in [4.69, 9.17) is 4.74 Å². The lowest BCUT2D eigenvalue weighted by Crippen LogP contribution is -2.19. The van der Waals surface area contributed by atoms with Crippen LogP contribution in [0.5, 0.6) is 0 Å². The van der Waals surface area contributed by atoms with Gasteiger partial charge in [-0.25, -0.2) is 22.8 Å². The Bertz CT molecular complexity index is 1530. The van der Waals surface area contributed by atoms with Gasteiger partial charge in [0.1, 0.15) is 11.3 Å². The van der Waals surface area contributed by atoms with Crippen LogP contribution in [0.2, 0.25) is 0 Å². The number of carbonyl (C=O) groups is 1. The molecule has 0 amide bonds. The number of carbonyl (C=O) groups excluding carboxylic acids is 1. The Labute approximate surface area is 212 Å². The first-order valence-electron chi connectivity index (χ1n) is 11.3. The van der Waals surface area contributed by atoms with Crippen molar-refractivity contribution < 1.29 is 22.7 Å². The second-order valence-corrected chi connectivity index (χ2v) is 9.59. The summed E-state index contributed by atoms with van der Waals surface area (Å²) in [4.78, 5) is 24.0. The van der Waals surface area contributed by atoms with Crippen molar-refractivity contribution in [2.75, 3.05) is 20.7 Å². The molecule has 36 heavy (non-hydrogen) atoms. The maximum Gasteiger partial charge on any atom is 0.196 e. The number of ketones is 1. The number of hydrogen-bond donors (Lipinski definition) is 0. The number of aliphatic imine (C=N–C) groups is 1. The van der Waals surface area contributed by atoms with Crippen molar-refractivity contribution in [2.24, 2.45) is 4.99 Å². The number of ether oxygens (including phenoxy) is 1. The van der Waals surface area contributed by atoms with Crippen molar-refractivity contribution in [3.8, 4) is 0 Å². The normalized spacial score (nSPS) is 16.3. The molecule has 186 valence electrons. The van der Waals surface area contributed by atoms with E-state index in [0.717, 1.165) is 25.1 Å². The minimum absolute atomic E-state index is 0.0637. The summed E-state index contributed by atoms with van der Waals surface area (Å²) < 4.78 is 51.4. The highest BCUT2D eigenvalue weighted by atomic mass is 79.9. The number of benzene rings is 2. The molecule has 5 rings (SSSR count). The molecule has 0 spiro atoms. The number of rotatable bonds is 5. The van der Waals surface area contributed by atoms with Gasteiger partial charge in [-0.1, -0.05) is 0 Å². The summed E-state index contributed by atoms with van der Waals surface area (Å²) >= 11 is 3.39.